The molecule has 0 saturated carbocycles. The largest absolute Gasteiger partial charge is 0.487 e. The number of hydrogen-bond acceptors (Lipinski definition) is 6. The summed E-state index contributed by atoms with van der Waals surface area (Å²) in [6.45, 7) is 4.75. The first-order valence-electron chi connectivity index (χ1n) is 11.3. The van der Waals surface area contributed by atoms with Gasteiger partial charge in [-0.05, 0) is 49.2 Å². The zero-order valence-corrected chi connectivity index (χ0v) is 19.3. The number of nitrogens with zero attached hydrogens (tertiary/aromatic N) is 4. The van der Waals surface area contributed by atoms with Crippen LogP contribution in [-0.2, 0) is 0 Å². The van der Waals surface area contributed by atoms with E-state index in [1.54, 1.807) is 23.9 Å². The first-order chi connectivity index (χ1) is 16.5. The highest BCUT2D eigenvalue weighted by Gasteiger charge is 2.36. The second-order valence-corrected chi connectivity index (χ2v) is 8.42. The van der Waals surface area contributed by atoms with Gasteiger partial charge in [0.1, 0.15) is 29.8 Å². The van der Waals surface area contributed by atoms with Crippen LogP contribution in [-0.4, -0.2) is 56.5 Å². The summed E-state index contributed by atoms with van der Waals surface area (Å²) in [7, 11) is 0. The van der Waals surface area contributed by atoms with Gasteiger partial charge in [0.05, 0.1) is 19.2 Å². The van der Waals surface area contributed by atoms with Crippen molar-refractivity contribution in [1.82, 2.24) is 14.5 Å². The van der Waals surface area contributed by atoms with Gasteiger partial charge >= 0.3 is 0 Å². The lowest BCUT2D eigenvalue weighted by molar-refractivity contribution is -0.0271. The molecule has 1 fully saturated rings. The molecule has 0 aliphatic carbocycles. The van der Waals surface area contributed by atoms with E-state index in [-0.39, 0.29) is 18.8 Å². The fourth-order valence-electron chi connectivity index (χ4n) is 4.01. The number of imidazole rings is 1. The van der Waals surface area contributed by atoms with Gasteiger partial charge < -0.3 is 19.5 Å². The van der Waals surface area contributed by atoms with Gasteiger partial charge in [-0.25, -0.2) is 4.98 Å². The summed E-state index contributed by atoms with van der Waals surface area (Å²) in [6, 6.07) is 17.9. The van der Waals surface area contributed by atoms with E-state index in [0.29, 0.717) is 12.4 Å². The van der Waals surface area contributed by atoms with Crippen LogP contribution in [0, 0.1) is 23.2 Å². The molecule has 1 aliphatic heterocycles. The van der Waals surface area contributed by atoms with Crippen LogP contribution in [0.5, 0.6) is 5.75 Å². The molecular weight excluding hydrogens is 428 g/mol. The standard InChI is InChI=1S/C27H28N4O3/c1-19-26(17-30(19)15-13-28)34-25-11-8-23(9-12-25)22-6-3-21(4-7-22)5-10-24(18-32)31-16-14-29-27(31)20(2)33/h3-4,6-9,11-12,14,16,19-20,24,26,32-33H,15,17-18H2,1-2H3/t19?,20-,24-,26?/m0/s1. The van der Waals surface area contributed by atoms with Crippen molar-refractivity contribution in [3.05, 3.63) is 72.3 Å². The van der Waals surface area contributed by atoms with Gasteiger partial charge in [0.15, 0.2) is 0 Å². The molecule has 3 aromatic rings. The summed E-state index contributed by atoms with van der Waals surface area (Å²) >= 11 is 0. The molecule has 2 N–H and O–H groups in total. The van der Waals surface area contributed by atoms with E-state index < -0.39 is 12.1 Å². The average molecular weight is 457 g/mol. The van der Waals surface area contributed by atoms with Crippen LogP contribution in [0.15, 0.2) is 60.9 Å². The first kappa shape index (κ1) is 23.5. The summed E-state index contributed by atoms with van der Waals surface area (Å²) in [5, 5.41) is 28.4. The van der Waals surface area contributed by atoms with Crippen LogP contribution in [0.4, 0.5) is 0 Å². The quantitative estimate of drug-likeness (QED) is 0.419. The van der Waals surface area contributed by atoms with Crippen molar-refractivity contribution in [2.45, 2.75) is 38.1 Å². The van der Waals surface area contributed by atoms with Gasteiger partial charge in [-0.3, -0.25) is 4.90 Å². The third-order valence-corrected chi connectivity index (χ3v) is 6.13. The molecule has 4 atom stereocenters. The first-order valence-corrected chi connectivity index (χ1v) is 11.3. The lowest BCUT2D eigenvalue weighted by Gasteiger charge is -2.44. The molecule has 2 aromatic carbocycles. The van der Waals surface area contributed by atoms with Crippen LogP contribution < -0.4 is 4.74 Å². The molecule has 2 heterocycles. The molecule has 7 heteroatoms. The van der Waals surface area contributed by atoms with Gasteiger partial charge in [0, 0.05) is 30.5 Å². The highest BCUT2D eigenvalue weighted by molar-refractivity contribution is 5.65. The molecule has 4 rings (SSSR count). The number of aromatic nitrogens is 2. The highest BCUT2D eigenvalue weighted by atomic mass is 16.5. The summed E-state index contributed by atoms with van der Waals surface area (Å²) in [5.74, 6) is 7.47. The lowest BCUT2D eigenvalue weighted by atomic mass is 10.0. The maximum Gasteiger partial charge on any atom is 0.138 e. The maximum absolute atomic E-state index is 9.85. The Morgan fingerprint density at radius 1 is 1.15 bits per heavy atom. The molecule has 0 bridgehead atoms. The summed E-state index contributed by atoms with van der Waals surface area (Å²) < 4.78 is 7.75. The van der Waals surface area contributed by atoms with Crippen molar-refractivity contribution in [2.24, 2.45) is 0 Å². The van der Waals surface area contributed by atoms with E-state index in [9.17, 15) is 10.2 Å². The van der Waals surface area contributed by atoms with Crippen LogP contribution in [0.2, 0.25) is 0 Å². The molecule has 1 saturated heterocycles. The van der Waals surface area contributed by atoms with E-state index in [1.807, 2.05) is 48.5 Å². The second kappa shape index (κ2) is 10.5. The summed E-state index contributed by atoms with van der Waals surface area (Å²) in [5.41, 5.74) is 2.98. The van der Waals surface area contributed by atoms with Crippen molar-refractivity contribution >= 4 is 0 Å². The van der Waals surface area contributed by atoms with E-state index >= 15 is 0 Å². The molecule has 174 valence electrons. The van der Waals surface area contributed by atoms with Gasteiger partial charge in [-0.1, -0.05) is 36.1 Å². The van der Waals surface area contributed by atoms with Crippen molar-refractivity contribution in [1.29, 1.82) is 5.26 Å². The fraction of sp³-hybridized carbons (Fsp3) is 0.333. The zero-order valence-electron chi connectivity index (χ0n) is 19.3. The predicted octanol–water partition coefficient (Wildman–Crippen LogP) is 3.16. The molecule has 0 spiro atoms. The maximum atomic E-state index is 9.85. The number of aliphatic hydroxyl groups is 2. The average Bonchev–Trinajstić information content (AvgIpc) is 3.35. The molecular formula is C27H28N4O3. The molecule has 34 heavy (non-hydrogen) atoms. The van der Waals surface area contributed by atoms with Gasteiger partial charge in [0.25, 0.3) is 0 Å². The second-order valence-electron chi connectivity index (χ2n) is 8.42. The van der Waals surface area contributed by atoms with E-state index in [2.05, 4.69) is 34.7 Å². The van der Waals surface area contributed by atoms with Gasteiger partial charge in [-0.15, -0.1) is 0 Å². The van der Waals surface area contributed by atoms with Crippen LogP contribution >= 0.6 is 0 Å². The van der Waals surface area contributed by atoms with Crippen LogP contribution in [0.3, 0.4) is 0 Å². The number of likely N-dealkylation sites (tertiary alicyclic amines) is 1. The van der Waals surface area contributed by atoms with E-state index in [0.717, 1.165) is 29.0 Å². The number of benzene rings is 2. The molecule has 2 unspecified atom stereocenters. The third kappa shape index (κ3) is 5.13. The Morgan fingerprint density at radius 3 is 2.41 bits per heavy atom. The molecule has 7 nitrogen and oxygen atoms in total. The molecule has 1 aliphatic rings. The normalized spacial score (nSPS) is 19.3. The number of nitriles is 1. The number of ether oxygens (including phenoxy) is 1. The minimum Gasteiger partial charge on any atom is -0.487 e. The number of rotatable bonds is 7. The summed E-state index contributed by atoms with van der Waals surface area (Å²) in [4.78, 5) is 6.23. The lowest BCUT2D eigenvalue weighted by Crippen LogP contribution is -2.60. The Balaban J connectivity index is 1.39. The van der Waals surface area contributed by atoms with Crippen molar-refractivity contribution in [3.63, 3.8) is 0 Å². The third-order valence-electron chi connectivity index (χ3n) is 6.13. The SMILES string of the molecule is CC1C(Oc2ccc(-c3ccc(C#C[C@@H](CO)n4ccnc4[C@H](C)O)cc3)cc2)CN1CC#N. The molecule has 1 aromatic heterocycles. The van der Waals surface area contributed by atoms with Crippen molar-refractivity contribution in [2.75, 3.05) is 19.7 Å². The minimum absolute atomic E-state index is 0.110. The van der Waals surface area contributed by atoms with E-state index in [4.69, 9.17) is 10.00 Å². The predicted molar refractivity (Wildman–Crippen MR) is 129 cm³/mol. The number of hydrogen-bond donors (Lipinski definition) is 2. The Kier molecular flexibility index (Phi) is 7.30. The highest BCUT2D eigenvalue weighted by Crippen LogP contribution is 2.27. The van der Waals surface area contributed by atoms with Gasteiger partial charge in [0.2, 0.25) is 0 Å². The Bertz CT molecular complexity index is 1200. The minimum atomic E-state index is -0.739. The monoisotopic (exact) mass is 456 g/mol. The Morgan fingerprint density at radius 2 is 1.82 bits per heavy atom. The van der Waals surface area contributed by atoms with Crippen molar-refractivity contribution in [3.8, 4) is 34.8 Å². The fourth-order valence-corrected chi connectivity index (χ4v) is 4.01. The van der Waals surface area contributed by atoms with Crippen LogP contribution in [0.1, 0.15) is 37.4 Å². The Labute approximate surface area is 199 Å². The van der Waals surface area contributed by atoms with E-state index in [1.165, 1.54) is 0 Å². The van der Waals surface area contributed by atoms with Crippen LogP contribution in [0.25, 0.3) is 11.1 Å². The smallest absolute Gasteiger partial charge is 0.138 e. The number of aliphatic hydroxyl groups excluding tert-OH is 2. The topological polar surface area (TPSA) is 94.5 Å². The summed E-state index contributed by atoms with van der Waals surface area (Å²) in [6.07, 6.45) is 2.67. The molecule has 0 amide bonds. The van der Waals surface area contributed by atoms with Crippen molar-refractivity contribution < 1.29 is 14.9 Å². The zero-order chi connectivity index (χ0) is 24.1. The molecule has 0 radical (unpaired) electrons. The van der Waals surface area contributed by atoms with Gasteiger partial charge in [-0.2, -0.15) is 5.26 Å². The Hall–Kier alpha value is -3.62.